The number of aliphatic hydroxyl groups is 2. The van der Waals surface area contributed by atoms with E-state index in [1.54, 1.807) is 0 Å². The van der Waals surface area contributed by atoms with E-state index >= 15 is 0 Å². The second-order valence-corrected chi connectivity index (χ2v) is 5.39. The summed E-state index contributed by atoms with van der Waals surface area (Å²) < 4.78 is 0. The number of hydrogen-bond acceptors (Lipinski definition) is 6. The van der Waals surface area contributed by atoms with Gasteiger partial charge in [-0.1, -0.05) is 29.4 Å². The highest BCUT2D eigenvalue weighted by Gasteiger charge is 2.22. The summed E-state index contributed by atoms with van der Waals surface area (Å²) in [5, 5.41) is 30.0. The van der Waals surface area contributed by atoms with Crippen LogP contribution >= 0.6 is 23.4 Å². The number of carbonyl (C=O) groups is 1. The van der Waals surface area contributed by atoms with Gasteiger partial charge in [-0.15, -0.1) is 0 Å². The number of nitro groups is 1. The van der Waals surface area contributed by atoms with E-state index in [0.29, 0.717) is 0 Å². The molecule has 0 saturated carbocycles. The number of carbonyl (C=O) groups excluding carboxylic acids is 1. The van der Waals surface area contributed by atoms with E-state index in [4.69, 9.17) is 11.6 Å². The third kappa shape index (κ3) is 4.46. The highest BCUT2D eigenvalue weighted by Crippen LogP contribution is 2.29. The number of nitrogens with zero attached hydrogens (tertiary/aromatic N) is 1. The Morgan fingerprint density at radius 2 is 2.16 bits per heavy atom. The lowest BCUT2D eigenvalue weighted by Gasteiger charge is -2.17. The van der Waals surface area contributed by atoms with Crippen LogP contribution in [0.2, 0.25) is 5.02 Å². The summed E-state index contributed by atoms with van der Waals surface area (Å²) in [6.07, 6.45) is -2.52. The Bertz CT molecular complexity index is 496. The van der Waals surface area contributed by atoms with Gasteiger partial charge >= 0.3 is 0 Å². The molecule has 1 rings (SSSR count). The van der Waals surface area contributed by atoms with Gasteiger partial charge in [-0.3, -0.25) is 14.9 Å². The van der Waals surface area contributed by atoms with Gasteiger partial charge in [-0.2, -0.15) is 0 Å². The molecule has 0 spiro atoms. The molecule has 0 amide bonds. The van der Waals surface area contributed by atoms with Crippen molar-refractivity contribution in [1.29, 1.82) is 0 Å². The van der Waals surface area contributed by atoms with Gasteiger partial charge in [0.15, 0.2) is 5.12 Å². The Morgan fingerprint density at radius 1 is 1.53 bits per heavy atom. The maximum Gasteiger partial charge on any atom is 0.288 e. The zero-order valence-corrected chi connectivity index (χ0v) is 11.5. The fourth-order valence-corrected chi connectivity index (χ4v) is 2.14. The van der Waals surface area contributed by atoms with Gasteiger partial charge in [0, 0.05) is 18.7 Å². The molecule has 1 aromatic carbocycles. The van der Waals surface area contributed by atoms with E-state index in [0.717, 1.165) is 17.8 Å². The summed E-state index contributed by atoms with van der Waals surface area (Å²) in [7, 11) is 0. The molecule has 0 saturated heterocycles. The summed E-state index contributed by atoms with van der Waals surface area (Å²) in [4.78, 5) is 20.8. The Hall–Kier alpha value is -1.15. The van der Waals surface area contributed by atoms with Crippen LogP contribution in [0.4, 0.5) is 5.69 Å². The monoisotopic (exact) mass is 305 g/mol. The van der Waals surface area contributed by atoms with Crippen LogP contribution in [0.1, 0.15) is 18.6 Å². The van der Waals surface area contributed by atoms with Crippen molar-refractivity contribution >= 4 is 34.2 Å². The van der Waals surface area contributed by atoms with Crippen molar-refractivity contribution in [3.63, 3.8) is 0 Å². The van der Waals surface area contributed by atoms with Crippen molar-refractivity contribution < 1.29 is 19.9 Å². The van der Waals surface area contributed by atoms with Crippen LogP contribution in [-0.2, 0) is 4.79 Å². The lowest BCUT2D eigenvalue weighted by Crippen LogP contribution is -2.21. The van der Waals surface area contributed by atoms with Crippen LogP contribution in [0, 0.1) is 10.1 Å². The number of halogens is 1. The number of aliphatic hydroxyl groups excluding tert-OH is 2. The molecular formula is C11H12ClNO5S. The minimum absolute atomic E-state index is 0.00687. The average molecular weight is 306 g/mol. The highest BCUT2D eigenvalue weighted by atomic mass is 35.5. The predicted octanol–water partition coefficient (Wildman–Crippen LogP) is 1.92. The third-order valence-corrected chi connectivity index (χ3v) is 3.56. The van der Waals surface area contributed by atoms with Gasteiger partial charge in [-0.05, 0) is 11.6 Å². The summed E-state index contributed by atoms with van der Waals surface area (Å²) >= 11 is 6.51. The van der Waals surface area contributed by atoms with Crippen molar-refractivity contribution in [3.05, 3.63) is 38.9 Å². The van der Waals surface area contributed by atoms with Gasteiger partial charge in [-0.25, -0.2) is 0 Å². The fourth-order valence-electron chi connectivity index (χ4n) is 1.37. The molecule has 0 radical (unpaired) electrons. The van der Waals surface area contributed by atoms with Crippen LogP contribution in [0.25, 0.3) is 0 Å². The molecule has 1 aromatic rings. The minimum Gasteiger partial charge on any atom is -0.389 e. The maximum absolute atomic E-state index is 10.8. The van der Waals surface area contributed by atoms with Gasteiger partial charge < -0.3 is 10.2 Å². The smallest absolute Gasteiger partial charge is 0.288 e. The van der Waals surface area contributed by atoms with Gasteiger partial charge in [0.25, 0.3) is 5.69 Å². The first kappa shape index (κ1) is 15.9. The van der Waals surface area contributed by atoms with Crippen molar-refractivity contribution in [2.45, 2.75) is 19.1 Å². The molecule has 0 aliphatic rings. The van der Waals surface area contributed by atoms with E-state index in [1.807, 2.05) is 0 Å². The fraction of sp³-hybridized carbons (Fsp3) is 0.364. The molecule has 19 heavy (non-hydrogen) atoms. The normalized spacial score (nSPS) is 13.9. The molecule has 2 unspecified atom stereocenters. The number of nitro benzene ring substituents is 1. The largest absolute Gasteiger partial charge is 0.389 e. The van der Waals surface area contributed by atoms with Crippen LogP contribution in [0.15, 0.2) is 18.2 Å². The van der Waals surface area contributed by atoms with Crippen LogP contribution in [-0.4, -0.2) is 32.1 Å². The number of benzene rings is 1. The molecule has 0 fully saturated rings. The van der Waals surface area contributed by atoms with Crippen LogP contribution in [0.5, 0.6) is 0 Å². The van der Waals surface area contributed by atoms with Crippen molar-refractivity contribution in [1.82, 2.24) is 0 Å². The molecular weight excluding hydrogens is 294 g/mol. The first-order chi connectivity index (χ1) is 8.82. The van der Waals surface area contributed by atoms with Gasteiger partial charge in [0.1, 0.15) is 11.1 Å². The van der Waals surface area contributed by atoms with E-state index in [2.05, 4.69) is 0 Å². The second kappa shape index (κ2) is 6.85. The first-order valence-electron chi connectivity index (χ1n) is 5.26. The Balaban J connectivity index is 2.87. The highest BCUT2D eigenvalue weighted by molar-refractivity contribution is 8.13. The lowest BCUT2D eigenvalue weighted by molar-refractivity contribution is -0.384. The van der Waals surface area contributed by atoms with Crippen LogP contribution < -0.4 is 0 Å². The minimum atomic E-state index is -1.32. The molecule has 0 bridgehead atoms. The molecule has 2 atom stereocenters. The zero-order valence-electron chi connectivity index (χ0n) is 9.95. The van der Waals surface area contributed by atoms with Gasteiger partial charge in [0.2, 0.25) is 0 Å². The quantitative estimate of drug-likeness (QED) is 0.636. The molecule has 0 aliphatic heterocycles. The third-order valence-electron chi connectivity index (χ3n) is 2.33. The molecule has 104 valence electrons. The number of thioether (sulfide) groups is 1. The van der Waals surface area contributed by atoms with E-state index < -0.39 is 17.1 Å². The number of hydrogen-bond donors (Lipinski definition) is 2. The van der Waals surface area contributed by atoms with Crippen molar-refractivity contribution in [2.75, 3.05) is 5.75 Å². The average Bonchev–Trinajstić information content (AvgIpc) is 2.35. The van der Waals surface area contributed by atoms with E-state index in [-0.39, 0.29) is 27.1 Å². The first-order valence-corrected chi connectivity index (χ1v) is 6.62. The molecule has 0 aromatic heterocycles. The lowest BCUT2D eigenvalue weighted by atomic mass is 10.0. The predicted molar refractivity (Wildman–Crippen MR) is 72.2 cm³/mol. The maximum atomic E-state index is 10.8. The SMILES string of the molecule is CC(=O)SCC(O)C(O)c1ccc(Cl)c([N+](=O)[O-])c1. The summed E-state index contributed by atoms with van der Waals surface area (Å²) in [5.41, 5.74) is -0.169. The zero-order chi connectivity index (χ0) is 14.6. The Morgan fingerprint density at radius 3 is 2.68 bits per heavy atom. The second-order valence-electron chi connectivity index (χ2n) is 3.78. The van der Waals surface area contributed by atoms with Crippen molar-refractivity contribution in [3.8, 4) is 0 Å². The van der Waals surface area contributed by atoms with Gasteiger partial charge in [0.05, 0.1) is 11.0 Å². The Labute approximate surface area is 118 Å². The van der Waals surface area contributed by atoms with Crippen molar-refractivity contribution in [2.24, 2.45) is 0 Å². The standard InChI is InChI=1S/C11H12ClNO5S/c1-6(14)19-5-10(15)11(16)7-2-3-8(12)9(4-7)13(17)18/h2-4,10-11,15-16H,5H2,1H3. The van der Waals surface area contributed by atoms with E-state index in [9.17, 15) is 25.1 Å². The summed E-state index contributed by atoms with van der Waals surface area (Å²) in [6.45, 7) is 1.34. The molecule has 0 heterocycles. The molecule has 0 aliphatic carbocycles. The molecule has 6 nitrogen and oxygen atoms in total. The topological polar surface area (TPSA) is 101 Å². The summed E-state index contributed by atoms with van der Waals surface area (Å²) in [6, 6.07) is 3.78. The molecule has 8 heteroatoms. The summed E-state index contributed by atoms with van der Waals surface area (Å²) in [5.74, 6) is 0.00687. The molecule has 2 N–H and O–H groups in total. The number of rotatable bonds is 5. The Kier molecular flexibility index (Phi) is 5.74. The van der Waals surface area contributed by atoms with E-state index in [1.165, 1.54) is 19.1 Å². The van der Waals surface area contributed by atoms with Crippen LogP contribution in [0.3, 0.4) is 0 Å².